The summed E-state index contributed by atoms with van der Waals surface area (Å²) in [6.45, 7) is 2.15. The van der Waals surface area contributed by atoms with Crippen LogP contribution in [0.15, 0.2) is 0 Å². The third-order valence-electron chi connectivity index (χ3n) is 1.13. The molecule has 0 N–H and O–H groups in total. The Morgan fingerprint density at radius 3 is 2.44 bits per heavy atom. The summed E-state index contributed by atoms with van der Waals surface area (Å²) in [5.41, 5.74) is 0. The van der Waals surface area contributed by atoms with Crippen molar-refractivity contribution in [2.75, 3.05) is 13.7 Å². The van der Waals surface area contributed by atoms with Crippen molar-refractivity contribution in [2.24, 2.45) is 0 Å². The van der Waals surface area contributed by atoms with Crippen molar-refractivity contribution in [3.8, 4) is 6.07 Å². The first kappa shape index (κ1) is 8.74. The van der Waals surface area contributed by atoms with Crippen molar-refractivity contribution >= 4 is 11.6 Å². The highest BCUT2D eigenvalue weighted by atomic mass is 35.5. The number of alkyl halides is 1. The summed E-state index contributed by atoms with van der Waals surface area (Å²) < 4.78 is 4.73. The highest BCUT2D eigenvalue weighted by Crippen LogP contribution is 2.17. The van der Waals surface area contributed by atoms with Gasteiger partial charge in [-0.05, 0) is 6.42 Å². The van der Waals surface area contributed by atoms with Crippen molar-refractivity contribution in [2.45, 2.75) is 18.2 Å². The first-order valence-electron chi connectivity index (χ1n) is 2.77. The van der Waals surface area contributed by atoms with Crippen LogP contribution in [0.4, 0.5) is 0 Å². The molecular formula is C6H10ClNO. The summed E-state index contributed by atoms with van der Waals surface area (Å²) in [4.78, 5) is -0.811. The van der Waals surface area contributed by atoms with Gasteiger partial charge in [-0.3, -0.25) is 0 Å². The van der Waals surface area contributed by atoms with Gasteiger partial charge in [0.2, 0.25) is 0 Å². The zero-order valence-corrected chi connectivity index (χ0v) is 6.40. The van der Waals surface area contributed by atoms with Gasteiger partial charge >= 0.3 is 0 Å². The van der Waals surface area contributed by atoms with Crippen molar-refractivity contribution in [3.63, 3.8) is 0 Å². The van der Waals surface area contributed by atoms with E-state index in [1.807, 2.05) is 13.0 Å². The van der Waals surface area contributed by atoms with E-state index in [1.54, 1.807) is 0 Å². The first-order chi connectivity index (χ1) is 4.18. The Kier molecular flexibility index (Phi) is 3.60. The van der Waals surface area contributed by atoms with Crippen LogP contribution in [0.5, 0.6) is 0 Å². The SMILES string of the molecule is CCC(Cl)(C#N)COC. The fraction of sp³-hybridized carbons (Fsp3) is 0.833. The fourth-order valence-corrected chi connectivity index (χ4v) is 0.551. The van der Waals surface area contributed by atoms with Crippen LogP contribution < -0.4 is 0 Å². The van der Waals surface area contributed by atoms with Gasteiger partial charge in [-0.15, -0.1) is 11.6 Å². The summed E-state index contributed by atoms with van der Waals surface area (Å²) >= 11 is 5.72. The number of nitrogens with zero attached hydrogens (tertiary/aromatic N) is 1. The molecule has 0 bridgehead atoms. The normalized spacial score (nSPS) is 16.2. The van der Waals surface area contributed by atoms with Gasteiger partial charge in [0, 0.05) is 7.11 Å². The van der Waals surface area contributed by atoms with E-state index in [1.165, 1.54) is 7.11 Å². The maximum atomic E-state index is 8.45. The molecule has 9 heavy (non-hydrogen) atoms. The Morgan fingerprint density at radius 1 is 1.78 bits per heavy atom. The molecule has 1 atom stereocenters. The zero-order chi connectivity index (χ0) is 7.33. The van der Waals surface area contributed by atoms with E-state index in [0.29, 0.717) is 13.0 Å². The highest BCUT2D eigenvalue weighted by molar-refractivity contribution is 6.25. The minimum Gasteiger partial charge on any atom is -0.382 e. The Morgan fingerprint density at radius 2 is 2.33 bits per heavy atom. The summed E-state index contributed by atoms with van der Waals surface area (Å²) in [6.07, 6.45) is 0.610. The molecule has 0 aliphatic carbocycles. The molecule has 3 heteroatoms. The predicted octanol–water partition coefficient (Wildman–Crippen LogP) is 1.54. The van der Waals surface area contributed by atoms with Crippen LogP contribution in [-0.2, 0) is 4.74 Å². The lowest BCUT2D eigenvalue weighted by molar-refractivity contribution is 0.180. The molecule has 0 fully saturated rings. The summed E-state index contributed by atoms with van der Waals surface area (Å²) in [6, 6.07) is 1.97. The van der Waals surface area contributed by atoms with Gasteiger partial charge < -0.3 is 4.74 Å². The van der Waals surface area contributed by atoms with E-state index in [9.17, 15) is 0 Å². The van der Waals surface area contributed by atoms with Crippen LogP contribution in [0.1, 0.15) is 13.3 Å². The molecule has 0 aliphatic heterocycles. The third-order valence-corrected chi connectivity index (χ3v) is 1.59. The number of rotatable bonds is 3. The van der Waals surface area contributed by atoms with E-state index >= 15 is 0 Å². The van der Waals surface area contributed by atoms with Crippen LogP contribution in [0.2, 0.25) is 0 Å². The van der Waals surface area contributed by atoms with Crippen molar-refractivity contribution in [1.82, 2.24) is 0 Å². The van der Waals surface area contributed by atoms with Gasteiger partial charge in [0.05, 0.1) is 12.7 Å². The third kappa shape index (κ3) is 2.69. The van der Waals surface area contributed by atoms with E-state index in [0.717, 1.165) is 0 Å². The molecule has 0 saturated carbocycles. The maximum Gasteiger partial charge on any atom is 0.153 e. The lowest BCUT2D eigenvalue weighted by Crippen LogP contribution is -2.23. The predicted molar refractivity (Wildman–Crippen MR) is 36.4 cm³/mol. The molecule has 2 nitrogen and oxygen atoms in total. The van der Waals surface area contributed by atoms with E-state index in [2.05, 4.69) is 0 Å². The van der Waals surface area contributed by atoms with Gasteiger partial charge in [0.25, 0.3) is 0 Å². The average Bonchev–Trinajstić information content (AvgIpc) is 1.89. The quantitative estimate of drug-likeness (QED) is 0.568. The molecule has 0 radical (unpaired) electrons. The second-order valence-corrected chi connectivity index (χ2v) is 2.59. The first-order valence-corrected chi connectivity index (χ1v) is 3.15. The molecular weight excluding hydrogens is 138 g/mol. The highest BCUT2D eigenvalue weighted by Gasteiger charge is 2.23. The molecule has 1 unspecified atom stereocenters. The Bertz CT molecular complexity index is 121. The van der Waals surface area contributed by atoms with Crippen LogP contribution in [0, 0.1) is 11.3 Å². The minimum absolute atomic E-state index is 0.293. The lowest BCUT2D eigenvalue weighted by atomic mass is 10.1. The van der Waals surface area contributed by atoms with Crippen molar-refractivity contribution < 1.29 is 4.74 Å². The Balaban J connectivity index is 3.81. The topological polar surface area (TPSA) is 33.0 Å². The fourth-order valence-electron chi connectivity index (χ4n) is 0.442. The summed E-state index contributed by atoms with van der Waals surface area (Å²) in [5.74, 6) is 0. The van der Waals surface area contributed by atoms with Crippen molar-refractivity contribution in [1.29, 1.82) is 5.26 Å². The maximum absolute atomic E-state index is 8.45. The second kappa shape index (κ2) is 3.71. The van der Waals surface area contributed by atoms with E-state index in [4.69, 9.17) is 21.6 Å². The van der Waals surface area contributed by atoms with Gasteiger partial charge in [0.1, 0.15) is 0 Å². The van der Waals surface area contributed by atoms with Crippen LogP contribution in [0.3, 0.4) is 0 Å². The van der Waals surface area contributed by atoms with Gasteiger partial charge in [-0.2, -0.15) is 5.26 Å². The molecule has 0 aromatic carbocycles. The molecule has 0 aliphatic rings. The van der Waals surface area contributed by atoms with Crippen molar-refractivity contribution in [3.05, 3.63) is 0 Å². The molecule has 0 heterocycles. The number of methoxy groups -OCH3 is 1. The molecule has 0 aromatic rings. The molecule has 0 spiro atoms. The summed E-state index contributed by atoms with van der Waals surface area (Å²) in [7, 11) is 1.53. The number of nitriles is 1. The zero-order valence-electron chi connectivity index (χ0n) is 5.65. The van der Waals surface area contributed by atoms with Crippen LogP contribution >= 0.6 is 11.6 Å². The number of hydrogen-bond donors (Lipinski definition) is 0. The van der Waals surface area contributed by atoms with E-state index < -0.39 is 4.87 Å². The van der Waals surface area contributed by atoms with Gasteiger partial charge in [0.15, 0.2) is 4.87 Å². The number of halogens is 1. The van der Waals surface area contributed by atoms with E-state index in [-0.39, 0.29) is 0 Å². The monoisotopic (exact) mass is 147 g/mol. The largest absolute Gasteiger partial charge is 0.382 e. The molecule has 0 rings (SSSR count). The van der Waals surface area contributed by atoms with Gasteiger partial charge in [-0.1, -0.05) is 6.92 Å². The van der Waals surface area contributed by atoms with Crippen LogP contribution in [0.25, 0.3) is 0 Å². The number of ether oxygens (including phenoxy) is 1. The Labute approximate surface area is 60.4 Å². The molecule has 0 amide bonds. The second-order valence-electron chi connectivity index (χ2n) is 1.86. The smallest absolute Gasteiger partial charge is 0.153 e. The molecule has 0 aromatic heterocycles. The molecule has 0 saturated heterocycles. The minimum atomic E-state index is -0.811. The number of hydrogen-bond acceptors (Lipinski definition) is 2. The standard InChI is InChI=1S/C6H10ClNO/c1-3-6(7,4-8)5-9-2/h3,5H2,1-2H3. The van der Waals surface area contributed by atoms with Gasteiger partial charge in [-0.25, -0.2) is 0 Å². The van der Waals surface area contributed by atoms with Crippen LogP contribution in [-0.4, -0.2) is 18.6 Å². The average molecular weight is 148 g/mol. The Hall–Kier alpha value is -0.260. The molecule has 52 valence electrons. The lowest BCUT2D eigenvalue weighted by Gasteiger charge is -2.13. The summed E-state index contributed by atoms with van der Waals surface area (Å²) in [5, 5.41) is 8.45.